The lowest BCUT2D eigenvalue weighted by atomic mass is 9.79. The minimum absolute atomic E-state index is 0.184. The van der Waals surface area contributed by atoms with Crippen LogP contribution in [0.4, 0.5) is 10.7 Å². The number of rotatable bonds is 5. The molecule has 4 fully saturated rings. The maximum absolute atomic E-state index is 11.8. The van der Waals surface area contributed by atoms with Crippen molar-refractivity contribution in [3.05, 3.63) is 29.3 Å². The molecule has 4 unspecified atom stereocenters. The molecule has 5 heterocycles. The Morgan fingerprint density at radius 3 is 2.73 bits per heavy atom. The van der Waals surface area contributed by atoms with Crippen LogP contribution in [-0.2, 0) is 9.57 Å². The first kappa shape index (κ1) is 25.9. The molecule has 3 aromatic heterocycles. The van der Waals surface area contributed by atoms with E-state index >= 15 is 0 Å². The van der Waals surface area contributed by atoms with Gasteiger partial charge in [-0.3, -0.25) is 10.3 Å². The highest BCUT2D eigenvalue weighted by molar-refractivity contribution is 6.30. The number of fused-ring (bicyclic) bond motifs is 2. The van der Waals surface area contributed by atoms with Crippen molar-refractivity contribution in [2.24, 2.45) is 11.8 Å². The lowest BCUT2D eigenvalue weighted by Crippen LogP contribution is -2.50. The first-order valence-corrected chi connectivity index (χ1v) is 14.9. The van der Waals surface area contributed by atoms with Crippen LogP contribution >= 0.6 is 11.6 Å². The van der Waals surface area contributed by atoms with Crippen LogP contribution in [0.5, 0.6) is 0 Å². The monoisotopic (exact) mass is 566 g/mol. The molecule has 212 valence electrons. The van der Waals surface area contributed by atoms with Crippen molar-refractivity contribution in [3.8, 4) is 11.3 Å². The third kappa shape index (κ3) is 4.57. The van der Waals surface area contributed by atoms with Gasteiger partial charge in [-0.2, -0.15) is 4.98 Å². The fourth-order valence-electron chi connectivity index (χ4n) is 7.03. The number of hydrogen-bond donors (Lipinski definition) is 2. The minimum Gasteiger partial charge on any atom is -0.374 e. The summed E-state index contributed by atoms with van der Waals surface area (Å²) >= 11 is 6.42. The first-order valence-electron chi connectivity index (χ1n) is 14.5. The second kappa shape index (κ2) is 10.4. The zero-order valence-corrected chi connectivity index (χ0v) is 23.6. The van der Waals surface area contributed by atoms with Crippen molar-refractivity contribution in [2.75, 3.05) is 18.1 Å². The number of carbonyl (C=O) groups is 1. The van der Waals surface area contributed by atoms with Gasteiger partial charge < -0.3 is 19.0 Å². The van der Waals surface area contributed by atoms with Gasteiger partial charge in [-0.25, -0.2) is 14.8 Å². The number of hydrogen-bond acceptors (Lipinski definition) is 9. The summed E-state index contributed by atoms with van der Waals surface area (Å²) in [5.41, 5.74) is 5.57. The number of pyridine rings is 1. The lowest BCUT2D eigenvalue weighted by molar-refractivity contribution is 0.0245. The Kier molecular flexibility index (Phi) is 6.76. The summed E-state index contributed by atoms with van der Waals surface area (Å²) in [4.78, 5) is 38.7. The number of halogens is 1. The molecule has 4 atom stereocenters. The van der Waals surface area contributed by atoms with Crippen LogP contribution in [0.1, 0.15) is 76.8 Å². The third-order valence-electron chi connectivity index (χ3n) is 9.20. The summed E-state index contributed by atoms with van der Waals surface area (Å²) < 4.78 is 8.55. The molecule has 2 aliphatic carbocycles. The Bertz CT molecular complexity index is 1420. The molecule has 2 aliphatic heterocycles. The van der Waals surface area contributed by atoms with E-state index in [0.717, 1.165) is 48.8 Å². The Labute approximate surface area is 238 Å². The predicted octanol–water partition coefficient (Wildman–Crippen LogP) is 4.93. The lowest BCUT2D eigenvalue weighted by Gasteiger charge is -2.40. The largest absolute Gasteiger partial charge is 0.427 e. The van der Waals surface area contributed by atoms with Crippen molar-refractivity contribution >= 4 is 34.8 Å². The van der Waals surface area contributed by atoms with E-state index in [0.29, 0.717) is 34.7 Å². The maximum Gasteiger partial charge on any atom is 0.427 e. The molecule has 1 amide bonds. The molecule has 7 rings (SSSR count). The number of imidazole rings is 1. The molecular formula is C28H35ClN8O3. The van der Waals surface area contributed by atoms with Crippen LogP contribution in [0.3, 0.4) is 0 Å². The zero-order valence-electron chi connectivity index (χ0n) is 22.8. The topological polar surface area (TPSA) is 119 Å². The van der Waals surface area contributed by atoms with E-state index in [4.69, 9.17) is 36.1 Å². The fourth-order valence-corrected chi connectivity index (χ4v) is 7.20. The number of nitrogens with zero attached hydrogens (tertiary/aromatic N) is 6. The molecule has 2 N–H and O–H groups in total. The third-order valence-corrected chi connectivity index (χ3v) is 9.41. The van der Waals surface area contributed by atoms with E-state index in [1.165, 1.54) is 25.7 Å². The van der Waals surface area contributed by atoms with E-state index in [1.807, 2.05) is 6.07 Å². The highest BCUT2D eigenvalue weighted by atomic mass is 35.5. The summed E-state index contributed by atoms with van der Waals surface area (Å²) in [6.07, 6.45) is 10.5. The molecule has 0 radical (unpaired) electrons. The fraction of sp³-hybridized carbons (Fsp3) is 0.607. The van der Waals surface area contributed by atoms with Gasteiger partial charge in [0, 0.05) is 30.5 Å². The summed E-state index contributed by atoms with van der Waals surface area (Å²) in [6.45, 7) is 6.13. The van der Waals surface area contributed by atoms with E-state index < -0.39 is 12.3 Å². The van der Waals surface area contributed by atoms with Crippen molar-refractivity contribution < 1.29 is 14.4 Å². The second-order valence-electron chi connectivity index (χ2n) is 11.7. The van der Waals surface area contributed by atoms with Crippen LogP contribution < -0.4 is 15.7 Å². The van der Waals surface area contributed by atoms with Gasteiger partial charge in [-0.15, -0.1) is 5.48 Å². The van der Waals surface area contributed by atoms with Crippen LogP contribution in [0.2, 0.25) is 5.02 Å². The van der Waals surface area contributed by atoms with Gasteiger partial charge in [-0.1, -0.05) is 31.4 Å². The van der Waals surface area contributed by atoms with Crippen LogP contribution in [0.15, 0.2) is 18.5 Å². The molecule has 4 aliphatic rings. The molecule has 12 heteroatoms. The van der Waals surface area contributed by atoms with Crippen molar-refractivity contribution in [1.29, 1.82) is 0 Å². The highest BCUT2D eigenvalue weighted by Gasteiger charge is 2.40. The van der Waals surface area contributed by atoms with Gasteiger partial charge in [0.15, 0.2) is 17.6 Å². The van der Waals surface area contributed by atoms with Crippen LogP contribution in [0.25, 0.3) is 22.4 Å². The highest BCUT2D eigenvalue weighted by Crippen LogP contribution is 2.43. The molecule has 11 nitrogen and oxygen atoms in total. The molecule has 0 aromatic carbocycles. The molecule has 2 saturated carbocycles. The van der Waals surface area contributed by atoms with Gasteiger partial charge in [0.05, 0.1) is 23.8 Å². The van der Waals surface area contributed by atoms with Gasteiger partial charge in [-0.05, 0) is 56.9 Å². The number of aromatic nitrogens is 5. The molecule has 0 bridgehead atoms. The first-order chi connectivity index (χ1) is 19.5. The van der Waals surface area contributed by atoms with E-state index in [2.05, 4.69) is 39.1 Å². The number of hydroxylamine groups is 1. The number of nitrogens with one attached hydrogen (secondary N) is 2. The van der Waals surface area contributed by atoms with Gasteiger partial charge in [0.1, 0.15) is 11.2 Å². The Morgan fingerprint density at radius 2 is 1.95 bits per heavy atom. The van der Waals surface area contributed by atoms with Crippen molar-refractivity contribution in [1.82, 2.24) is 35.3 Å². The minimum atomic E-state index is -0.698. The number of anilines is 1. The van der Waals surface area contributed by atoms with Crippen LogP contribution in [0, 0.1) is 11.8 Å². The van der Waals surface area contributed by atoms with Gasteiger partial charge in [0.2, 0.25) is 5.95 Å². The van der Waals surface area contributed by atoms with Crippen molar-refractivity contribution in [3.63, 3.8) is 0 Å². The summed E-state index contributed by atoms with van der Waals surface area (Å²) in [5.74, 6) is 2.56. The molecule has 2 saturated heterocycles. The zero-order chi connectivity index (χ0) is 27.4. The Morgan fingerprint density at radius 1 is 1.10 bits per heavy atom. The summed E-state index contributed by atoms with van der Waals surface area (Å²) in [5, 5.41) is 3.24. The normalized spacial score (nSPS) is 29.3. The average Bonchev–Trinajstić information content (AvgIpc) is 3.70. The standard InChI is InChI=1S/C28H35ClN8O3/c1-15-6-8-17(9-7-15)16(2)37-23-22(18-12-19(29)14-30-13-18)31-25(26-34-28(38)40-35-26)32-24(23)33-27(37)36-10-11-39-21-5-3-4-20(21)36/h12-17,20-21,26,35H,3-11H2,1-2H3,(H,34,38). The molecular weight excluding hydrogens is 532 g/mol. The van der Waals surface area contributed by atoms with Gasteiger partial charge in [0.25, 0.3) is 0 Å². The summed E-state index contributed by atoms with van der Waals surface area (Å²) in [6, 6.07) is 2.34. The molecule has 0 spiro atoms. The smallest absolute Gasteiger partial charge is 0.374 e. The van der Waals surface area contributed by atoms with Gasteiger partial charge >= 0.3 is 6.09 Å². The predicted molar refractivity (Wildman–Crippen MR) is 150 cm³/mol. The second-order valence-corrected chi connectivity index (χ2v) is 12.2. The van der Waals surface area contributed by atoms with E-state index in [-0.39, 0.29) is 18.2 Å². The maximum atomic E-state index is 11.8. The van der Waals surface area contributed by atoms with E-state index in [1.54, 1.807) is 12.4 Å². The van der Waals surface area contributed by atoms with Crippen molar-refractivity contribution in [2.45, 2.75) is 83.1 Å². The quantitative estimate of drug-likeness (QED) is 0.443. The average molecular weight is 567 g/mol. The SMILES string of the molecule is CC1CCC(C(C)n2c(N3CCOC4CCCC43)nc3nc(C4NOC(=O)N4)nc(-c4cncc(Cl)c4)c32)CC1. The number of carbonyl (C=O) groups excluding carboxylic acids is 1. The molecule has 3 aromatic rings. The summed E-state index contributed by atoms with van der Waals surface area (Å²) in [7, 11) is 0. The van der Waals surface area contributed by atoms with E-state index in [9.17, 15) is 4.79 Å². The molecule has 40 heavy (non-hydrogen) atoms. The number of ether oxygens (including phenoxy) is 1. The Hall–Kier alpha value is -3.02. The number of amides is 1. The Balaban J connectivity index is 1.44. The number of morpholine rings is 1. The van der Waals surface area contributed by atoms with Crippen LogP contribution in [-0.4, -0.2) is 55.9 Å².